The van der Waals surface area contributed by atoms with E-state index in [-0.39, 0.29) is 5.91 Å². The third kappa shape index (κ3) is 3.78. The van der Waals surface area contributed by atoms with Crippen molar-refractivity contribution in [3.63, 3.8) is 0 Å². The van der Waals surface area contributed by atoms with Crippen molar-refractivity contribution in [3.05, 3.63) is 53.1 Å². The van der Waals surface area contributed by atoms with E-state index in [0.29, 0.717) is 12.2 Å². The average molecular weight is 285 g/mol. The van der Waals surface area contributed by atoms with Gasteiger partial charge in [0, 0.05) is 18.9 Å². The van der Waals surface area contributed by atoms with Crippen LogP contribution in [0, 0.1) is 13.8 Å². The zero-order valence-electron chi connectivity index (χ0n) is 12.5. The second kappa shape index (κ2) is 6.83. The van der Waals surface area contributed by atoms with Crippen molar-refractivity contribution in [2.75, 3.05) is 13.7 Å². The summed E-state index contributed by atoms with van der Waals surface area (Å²) in [7, 11) is 1.67. The lowest BCUT2D eigenvalue weighted by Crippen LogP contribution is -2.26. The molecule has 1 N–H and O–H groups in total. The van der Waals surface area contributed by atoms with E-state index in [4.69, 9.17) is 4.74 Å². The van der Waals surface area contributed by atoms with Gasteiger partial charge in [0.15, 0.2) is 0 Å². The molecule has 5 heteroatoms. The van der Waals surface area contributed by atoms with Crippen LogP contribution in [0.15, 0.2) is 30.7 Å². The predicted octanol–water partition coefficient (Wildman–Crippen LogP) is 2.07. The fourth-order valence-electron chi connectivity index (χ4n) is 2.16. The quantitative estimate of drug-likeness (QED) is 0.913. The van der Waals surface area contributed by atoms with Gasteiger partial charge in [-0.2, -0.15) is 0 Å². The van der Waals surface area contributed by atoms with Gasteiger partial charge < -0.3 is 10.1 Å². The number of aromatic nitrogens is 2. The molecule has 2 rings (SSSR count). The maximum Gasteiger partial charge on any atom is 0.271 e. The topological polar surface area (TPSA) is 64.1 Å². The monoisotopic (exact) mass is 285 g/mol. The molecule has 0 aliphatic rings. The largest absolute Gasteiger partial charge is 0.496 e. The molecule has 0 radical (unpaired) electrons. The first-order chi connectivity index (χ1) is 10.1. The average Bonchev–Trinajstić information content (AvgIpc) is 2.51. The standard InChI is InChI=1S/C16H19N3O2/c1-11-9-15(21-3)12(2)8-13(11)4-5-19-16(20)14-10-17-6-7-18-14/h6-10H,4-5H2,1-3H3,(H,19,20). The number of nitrogens with zero attached hydrogens (tertiary/aromatic N) is 2. The molecule has 1 aromatic carbocycles. The molecule has 1 amide bonds. The van der Waals surface area contributed by atoms with Crippen molar-refractivity contribution in [2.45, 2.75) is 20.3 Å². The van der Waals surface area contributed by atoms with E-state index >= 15 is 0 Å². The Balaban J connectivity index is 1.95. The van der Waals surface area contributed by atoms with E-state index in [0.717, 1.165) is 23.3 Å². The zero-order chi connectivity index (χ0) is 15.2. The number of benzene rings is 1. The lowest BCUT2D eigenvalue weighted by atomic mass is 10.0. The molecule has 0 saturated heterocycles. The summed E-state index contributed by atoms with van der Waals surface area (Å²) in [4.78, 5) is 19.7. The van der Waals surface area contributed by atoms with Crippen molar-refractivity contribution < 1.29 is 9.53 Å². The molecule has 0 saturated carbocycles. The first-order valence-electron chi connectivity index (χ1n) is 6.80. The molecule has 0 spiro atoms. The maximum atomic E-state index is 11.9. The lowest BCUT2D eigenvalue weighted by Gasteiger charge is -2.11. The summed E-state index contributed by atoms with van der Waals surface area (Å²) >= 11 is 0. The van der Waals surface area contributed by atoms with E-state index in [9.17, 15) is 4.79 Å². The molecule has 0 aliphatic heterocycles. The van der Waals surface area contributed by atoms with E-state index < -0.39 is 0 Å². The number of hydrogen-bond acceptors (Lipinski definition) is 4. The molecule has 1 aromatic heterocycles. The smallest absolute Gasteiger partial charge is 0.271 e. The summed E-state index contributed by atoms with van der Waals surface area (Å²) in [5, 5.41) is 2.85. The first-order valence-corrected chi connectivity index (χ1v) is 6.80. The number of methoxy groups -OCH3 is 1. The summed E-state index contributed by atoms with van der Waals surface area (Å²) in [5.41, 5.74) is 3.79. The van der Waals surface area contributed by atoms with Crippen LogP contribution in [0.3, 0.4) is 0 Å². The maximum absolute atomic E-state index is 11.9. The molecule has 2 aromatic rings. The van der Waals surface area contributed by atoms with Gasteiger partial charge in [0.05, 0.1) is 13.3 Å². The highest BCUT2D eigenvalue weighted by atomic mass is 16.5. The molecule has 110 valence electrons. The van der Waals surface area contributed by atoms with Gasteiger partial charge in [-0.25, -0.2) is 4.98 Å². The fourth-order valence-corrected chi connectivity index (χ4v) is 2.16. The van der Waals surface area contributed by atoms with Gasteiger partial charge >= 0.3 is 0 Å². The van der Waals surface area contributed by atoms with Crippen molar-refractivity contribution in [1.29, 1.82) is 0 Å². The number of nitrogens with one attached hydrogen (secondary N) is 1. The van der Waals surface area contributed by atoms with E-state index in [2.05, 4.69) is 21.4 Å². The molecule has 0 unspecified atom stereocenters. The van der Waals surface area contributed by atoms with Crippen LogP contribution in [0.1, 0.15) is 27.2 Å². The van der Waals surface area contributed by atoms with Gasteiger partial charge in [-0.15, -0.1) is 0 Å². The Morgan fingerprint density at radius 1 is 1.24 bits per heavy atom. The zero-order valence-corrected chi connectivity index (χ0v) is 12.5. The molecular weight excluding hydrogens is 266 g/mol. The van der Waals surface area contributed by atoms with E-state index in [1.807, 2.05) is 19.9 Å². The van der Waals surface area contributed by atoms with Gasteiger partial charge in [0.2, 0.25) is 0 Å². The minimum atomic E-state index is -0.203. The summed E-state index contributed by atoms with van der Waals surface area (Å²) in [6.07, 6.45) is 5.27. The normalized spacial score (nSPS) is 10.2. The van der Waals surface area contributed by atoms with Crippen LogP contribution in [0.5, 0.6) is 5.75 Å². The van der Waals surface area contributed by atoms with Crippen molar-refractivity contribution in [1.82, 2.24) is 15.3 Å². The molecule has 0 bridgehead atoms. The highest BCUT2D eigenvalue weighted by Gasteiger charge is 2.08. The van der Waals surface area contributed by atoms with Crippen LogP contribution in [0.25, 0.3) is 0 Å². The van der Waals surface area contributed by atoms with Crippen LogP contribution in [-0.2, 0) is 6.42 Å². The van der Waals surface area contributed by atoms with Gasteiger partial charge in [0.25, 0.3) is 5.91 Å². The van der Waals surface area contributed by atoms with Crippen LogP contribution in [-0.4, -0.2) is 29.5 Å². The third-order valence-electron chi connectivity index (χ3n) is 3.33. The molecule has 5 nitrogen and oxygen atoms in total. The Labute approximate surface area is 124 Å². The number of aryl methyl sites for hydroxylation is 2. The summed E-state index contributed by atoms with van der Waals surface area (Å²) in [6, 6.07) is 4.12. The Kier molecular flexibility index (Phi) is 4.87. The fraction of sp³-hybridized carbons (Fsp3) is 0.312. The second-order valence-electron chi connectivity index (χ2n) is 4.84. The van der Waals surface area contributed by atoms with Gasteiger partial charge in [-0.1, -0.05) is 6.07 Å². The Morgan fingerprint density at radius 3 is 2.71 bits per heavy atom. The van der Waals surface area contributed by atoms with Crippen LogP contribution in [0.2, 0.25) is 0 Å². The van der Waals surface area contributed by atoms with Gasteiger partial charge in [-0.05, 0) is 43.0 Å². The Bertz CT molecular complexity index is 627. The third-order valence-corrected chi connectivity index (χ3v) is 3.33. The number of carbonyl (C=O) groups is 1. The Hall–Kier alpha value is -2.43. The molecule has 0 fully saturated rings. The number of carbonyl (C=O) groups excluding carboxylic acids is 1. The second-order valence-corrected chi connectivity index (χ2v) is 4.84. The summed E-state index contributed by atoms with van der Waals surface area (Å²) in [6.45, 7) is 4.61. The Morgan fingerprint density at radius 2 is 2.05 bits per heavy atom. The van der Waals surface area contributed by atoms with E-state index in [1.54, 1.807) is 13.3 Å². The molecule has 21 heavy (non-hydrogen) atoms. The summed E-state index contributed by atoms with van der Waals surface area (Å²) < 4.78 is 5.30. The SMILES string of the molecule is COc1cc(C)c(CCNC(=O)c2cnccn2)cc1C. The van der Waals surface area contributed by atoms with Gasteiger partial charge in [-0.3, -0.25) is 9.78 Å². The molecule has 0 atom stereocenters. The van der Waals surface area contributed by atoms with E-state index in [1.165, 1.54) is 18.0 Å². The number of hydrogen-bond donors (Lipinski definition) is 1. The number of rotatable bonds is 5. The van der Waals surface area contributed by atoms with Crippen LogP contribution < -0.4 is 10.1 Å². The summed E-state index contributed by atoms with van der Waals surface area (Å²) in [5.74, 6) is 0.686. The highest BCUT2D eigenvalue weighted by Crippen LogP contribution is 2.22. The molecule has 1 heterocycles. The first kappa shape index (κ1) is 15.0. The number of ether oxygens (including phenoxy) is 1. The highest BCUT2D eigenvalue weighted by molar-refractivity contribution is 5.91. The van der Waals surface area contributed by atoms with Crippen LogP contribution >= 0.6 is 0 Å². The van der Waals surface area contributed by atoms with Gasteiger partial charge in [0.1, 0.15) is 11.4 Å². The van der Waals surface area contributed by atoms with Crippen molar-refractivity contribution >= 4 is 5.91 Å². The van der Waals surface area contributed by atoms with Crippen molar-refractivity contribution in [2.24, 2.45) is 0 Å². The number of amides is 1. The minimum Gasteiger partial charge on any atom is -0.496 e. The molecule has 0 aliphatic carbocycles. The van der Waals surface area contributed by atoms with Crippen molar-refractivity contribution in [3.8, 4) is 5.75 Å². The molecular formula is C16H19N3O2. The lowest BCUT2D eigenvalue weighted by molar-refractivity contribution is 0.0948. The van der Waals surface area contributed by atoms with Crippen LogP contribution in [0.4, 0.5) is 0 Å². The minimum absolute atomic E-state index is 0.203. The predicted molar refractivity (Wildman–Crippen MR) is 80.5 cm³/mol.